The summed E-state index contributed by atoms with van der Waals surface area (Å²) in [5.41, 5.74) is 3.02. The molecule has 1 heterocycles. The number of ether oxygens (including phenoxy) is 2. The van der Waals surface area contributed by atoms with Gasteiger partial charge in [0.25, 0.3) is 5.91 Å². The van der Waals surface area contributed by atoms with Crippen LogP contribution in [0.25, 0.3) is 11.1 Å². The van der Waals surface area contributed by atoms with Crippen molar-refractivity contribution < 1.29 is 23.9 Å². The highest BCUT2D eigenvalue weighted by molar-refractivity contribution is 8.00. The van der Waals surface area contributed by atoms with Crippen LogP contribution < -0.4 is 15.4 Å². The van der Waals surface area contributed by atoms with Gasteiger partial charge in [-0.1, -0.05) is 42.5 Å². The molecular formula is C30H28N2O5S2. The monoisotopic (exact) mass is 560 g/mol. The number of carbonyl (C=O) groups is 3. The highest BCUT2D eigenvalue weighted by Crippen LogP contribution is 2.37. The molecule has 9 heteroatoms. The van der Waals surface area contributed by atoms with Crippen molar-refractivity contribution in [1.82, 2.24) is 0 Å². The lowest BCUT2D eigenvalue weighted by Gasteiger charge is -2.14. The maximum Gasteiger partial charge on any atom is 0.341 e. The molecule has 0 saturated carbocycles. The lowest BCUT2D eigenvalue weighted by molar-refractivity contribution is -0.115. The summed E-state index contributed by atoms with van der Waals surface area (Å²) in [5.74, 6) is -0.398. The Morgan fingerprint density at radius 3 is 2.46 bits per heavy atom. The molecule has 1 aromatic heterocycles. The Hall–Kier alpha value is -4.08. The smallest absolute Gasteiger partial charge is 0.341 e. The third kappa shape index (κ3) is 7.07. The van der Waals surface area contributed by atoms with Gasteiger partial charge in [0.2, 0.25) is 5.91 Å². The molecule has 0 fully saturated rings. The molecule has 4 aromatic rings. The second kappa shape index (κ2) is 13.1. The van der Waals surface area contributed by atoms with Gasteiger partial charge in [-0.2, -0.15) is 0 Å². The number of amides is 2. The highest BCUT2D eigenvalue weighted by atomic mass is 32.2. The third-order valence-corrected chi connectivity index (χ3v) is 7.69. The quantitative estimate of drug-likeness (QED) is 0.161. The maximum absolute atomic E-state index is 13.1. The molecule has 0 aliphatic carbocycles. The van der Waals surface area contributed by atoms with Crippen LogP contribution in [0.3, 0.4) is 0 Å². The molecule has 2 N–H and O–H groups in total. The molecule has 0 aliphatic heterocycles. The number of hydrogen-bond donors (Lipinski definition) is 2. The summed E-state index contributed by atoms with van der Waals surface area (Å²) in [6, 6.07) is 23.7. The minimum Gasteiger partial charge on any atom is -0.497 e. The summed E-state index contributed by atoms with van der Waals surface area (Å²) in [5, 5.41) is 7.62. The molecule has 3 aromatic carbocycles. The van der Waals surface area contributed by atoms with Crippen LogP contribution in [-0.2, 0) is 9.53 Å². The van der Waals surface area contributed by atoms with E-state index in [-0.39, 0.29) is 18.4 Å². The van der Waals surface area contributed by atoms with Crippen LogP contribution >= 0.6 is 23.1 Å². The maximum atomic E-state index is 13.1. The Morgan fingerprint density at radius 1 is 0.949 bits per heavy atom. The molecule has 0 radical (unpaired) electrons. The first kappa shape index (κ1) is 27.9. The fourth-order valence-electron chi connectivity index (χ4n) is 3.77. The van der Waals surface area contributed by atoms with Crippen LogP contribution in [0.5, 0.6) is 5.75 Å². The molecule has 0 aliphatic rings. The van der Waals surface area contributed by atoms with Crippen molar-refractivity contribution in [2.24, 2.45) is 0 Å². The van der Waals surface area contributed by atoms with Gasteiger partial charge >= 0.3 is 5.97 Å². The van der Waals surface area contributed by atoms with Crippen molar-refractivity contribution in [3.05, 3.63) is 95.4 Å². The number of thioether (sulfide) groups is 1. The second-order valence-electron chi connectivity index (χ2n) is 8.40. The van der Waals surface area contributed by atoms with Crippen molar-refractivity contribution in [2.75, 3.05) is 24.4 Å². The van der Waals surface area contributed by atoms with Crippen LogP contribution in [0.4, 0.5) is 10.7 Å². The molecular weight excluding hydrogens is 532 g/mol. The number of thiophene rings is 1. The van der Waals surface area contributed by atoms with E-state index in [2.05, 4.69) is 10.6 Å². The molecule has 39 heavy (non-hydrogen) atoms. The van der Waals surface area contributed by atoms with Gasteiger partial charge in [-0.15, -0.1) is 23.1 Å². The standard InChI is InChI=1S/C30H28N2O5S2/c1-4-37-30(35)26-25(20-10-6-5-7-11-20)18-38-29(26)32-27(33)19(2)39-24-15-9-13-22(17-24)31-28(34)21-12-8-14-23(16-21)36-3/h5-19H,4H2,1-3H3,(H,31,34)(H,32,33). The summed E-state index contributed by atoms with van der Waals surface area (Å²) < 4.78 is 10.5. The van der Waals surface area contributed by atoms with E-state index in [0.717, 1.165) is 10.5 Å². The van der Waals surface area contributed by atoms with E-state index in [0.29, 0.717) is 33.1 Å². The average Bonchev–Trinajstić information content (AvgIpc) is 3.37. The van der Waals surface area contributed by atoms with Crippen molar-refractivity contribution in [3.8, 4) is 16.9 Å². The summed E-state index contributed by atoms with van der Waals surface area (Å²) in [6.07, 6.45) is 0. The normalized spacial score (nSPS) is 11.4. The number of methoxy groups -OCH3 is 1. The molecule has 0 saturated heterocycles. The molecule has 0 bridgehead atoms. The number of esters is 1. The lowest BCUT2D eigenvalue weighted by atomic mass is 10.0. The molecule has 0 spiro atoms. The van der Waals surface area contributed by atoms with E-state index in [1.807, 2.05) is 53.9 Å². The van der Waals surface area contributed by atoms with E-state index in [1.165, 1.54) is 23.1 Å². The number of hydrogen-bond acceptors (Lipinski definition) is 7. The van der Waals surface area contributed by atoms with Gasteiger partial charge in [-0.25, -0.2) is 4.79 Å². The van der Waals surface area contributed by atoms with E-state index >= 15 is 0 Å². The van der Waals surface area contributed by atoms with Crippen molar-refractivity contribution in [1.29, 1.82) is 0 Å². The topological polar surface area (TPSA) is 93.7 Å². The summed E-state index contributed by atoms with van der Waals surface area (Å²) in [7, 11) is 1.55. The predicted molar refractivity (Wildman–Crippen MR) is 157 cm³/mol. The first-order valence-corrected chi connectivity index (χ1v) is 14.0. The summed E-state index contributed by atoms with van der Waals surface area (Å²) in [4.78, 5) is 39.5. The fraction of sp³-hybridized carbons (Fsp3) is 0.167. The minimum atomic E-state index is -0.480. The summed E-state index contributed by atoms with van der Waals surface area (Å²) >= 11 is 2.64. The zero-order chi connectivity index (χ0) is 27.8. The fourth-order valence-corrected chi connectivity index (χ4v) is 5.66. The Balaban J connectivity index is 1.46. The zero-order valence-electron chi connectivity index (χ0n) is 21.7. The SMILES string of the molecule is CCOC(=O)c1c(-c2ccccc2)csc1NC(=O)C(C)Sc1cccc(NC(=O)c2cccc(OC)c2)c1. The van der Waals surface area contributed by atoms with Crippen molar-refractivity contribution >= 4 is 51.6 Å². The molecule has 7 nitrogen and oxygen atoms in total. The first-order chi connectivity index (χ1) is 18.9. The van der Waals surface area contributed by atoms with Gasteiger partial charge in [-0.05, 0) is 55.8 Å². The molecule has 1 atom stereocenters. The highest BCUT2D eigenvalue weighted by Gasteiger charge is 2.24. The van der Waals surface area contributed by atoms with E-state index < -0.39 is 11.2 Å². The molecule has 1 unspecified atom stereocenters. The second-order valence-corrected chi connectivity index (χ2v) is 10.7. The molecule has 4 rings (SSSR count). The lowest BCUT2D eigenvalue weighted by Crippen LogP contribution is -2.23. The Bertz CT molecular complexity index is 1470. The van der Waals surface area contributed by atoms with Crippen LogP contribution in [-0.4, -0.2) is 36.8 Å². The van der Waals surface area contributed by atoms with Crippen LogP contribution in [0.15, 0.2) is 89.1 Å². The van der Waals surface area contributed by atoms with Gasteiger partial charge in [0, 0.05) is 27.1 Å². The van der Waals surface area contributed by atoms with E-state index in [1.54, 1.807) is 51.3 Å². The van der Waals surface area contributed by atoms with Gasteiger partial charge in [0.1, 0.15) is 16.3 Å². The van der Waals surface area contributed by atoms with Crippen LogP contribution in [0, 0.1) is 0 Å². The number of rotatable bonds is 10. The Labute approximate surface area is 235 Å². The Morgan fingerprint density at radius 2 is 1.72 bits per heavy atom. The van der Waals surface area contributed by atoms with Crippen LogP contribution in [0.2, 0.25) is 0 Å². The van der Waals surface area contributed by atoms with Crippen LogP contribution in [0.1, 0.15) is 34.6 Å². The Kier molecular flexibility index (Phi) is 9.40. The summed E-state index contributed by atoms with van der Waals surface area (Å²) in [6.45, 7) is 3.77. The van der Waals surface area contributed by atoms with E-state index in [4.69, 9.17) is 9.47 Å². The predicted octanol–water partition coefficient (Wildman–Crippen LogP) is 6.97. The zero-order valence-corrected chi connectivity index (χ0v) is 23.4. The largest absolute Gasteiger partial charge is 0.497 e. The molecule has 2 amide bonds. The van der Waals surface area contributed by atoms with E-state index in [9.17, 15) is 14.4 Å². The minimum absolute atomic E-state index is 0.229. The average molecular weight is 561 g/mol. The third-order valence-electron chi connectivity index (χ3n) is 5.70. The number of carbonyl (C=O) groups excluding carboxylic acids is 3. The van der Waals surface area contributed by atoms with Gasteiger partial charge in [0.05, 0.1) is 19.0 Å². The van der Waals surface area contributed by atoms with Crippen molar-refractivity contribution in [2.45, 2.75) is 24.0 Å². The van der Waals surface area contributed by atoms with Crippen molar-refractivity contribution in [3.63, 3.8) is 0 Å². The molecule has 200 valence electrons. The first-order valence-electron chi connectivity index (χ1n) is 12.3. The number of anilines is 2. The van der Waals surface area contributed by atoms with Gasteiger partial charge in [-0.3, -0.25) is 9.59 Å². The number of benzene rings is 3. The van der Waals surface area contributed by atoms with Gasteiger partial charge in [0.15, 0.2) is 0 Å². The van der Waals surface area contributed by atoms with Gasteiger partial charge < -0.3 is 20.1 Å². The number of nitrogens with one attached hydrogen (secondary N) is 2.